The predicted octanol–water partition coefficient (Wildman–Crippen LogP) is 2.94. The first-order valence-corrected chi connectivity index (χ1v) is 8.10. The van der Waals surface area contributed by atoms with Crippen LogP contribution in [0.5, 0.6) is 17.2 Å². The standard InChI is InChI=1S/C19H16N2O6/c1-24-13-5-3-4-11-15(13)16(17(20-11)19(23)25-2)21-18(22)10-6-7-12-14(8-10)27-9-26-12/h3-8,20H,9H2,1-2H3,(H,21,22). The molecule has 3 aromatic rings. The Hall–Kier alpha value is -3.68. The molecule has 27 heavy (non-hydrogen) atoms. The van der Waals surface area contributed by atoms with E-state index in [2.05, 4.69) is 10.3 Å². The van der Waals surface area contributed by atoms with Crippen LogP contribution < -0.4 is 19.5 Å². The van der Waals surface area contributed by atoms with Crippen molar-refractivity contribution in [1.82, 2.24) is 4.98 Å². The minimum atomic E-state index is -0.603. The van der Waals surface area contributed by atoms with Gasteiger partial charge in [-0.15, -0.1) is 0 Å². The molecule has 0 aliphatic carbocycles. The Kier molecular flexibility index (Phi) is 4.08. The molecule has 1 aliphatic rings. The highest BCUT2D eigenvalue weighted by Crippen LogP contribution is 2.37. The fraction of sp³-hybridized carbons (Fsp3) is 0.158. The van der Waals surface area contributed by atoms with E-state index in [1.807, 2.05) is 0 Å². The number of carbonyl (C=O) groups excluding carboxylic acids is 2. The van der Waals surface area contributed by atoms with E-state index in [9.17, 15) is 9.59 Å². The predicted molar refractivity (Wildman–Crippen MR) is 96.7 cm³/mol. The van der Waals surface area contributed by atoms with E-state index in [-0.39, 0.29) is 18.2 Å². The number of hydrogen-bond acceptors (Lipinski definition) is 6. The second-order valence-corrected chi connectivity index (χ2v) is 5.77. The number of H-pyrrole nitrogens is 1. The number of hydrogen-bond donors (Lipinski definition) is 2. The van der Waals surface area contributed by atoms with Crippen LogP contribution >= 0.6 is 0 Å². The molecule has 0 spiro atoms. The van der Waals surface area contributed by atoms with Gasteiger partial charge in [0.15, 0.2) is 11.5 Å². The van der Waals surface area contributed by atoms with E-state index in [1.165, 1.54) is 14.2 Å². The number of methoxy groups -OCH3 is 2. The fourth-order valence-corrected chi connectivity index (χ4v) is 2.99. The molecule has 2 heterocycles. The Balaban J connectivity index is 1.78. The monoisotopic (exact) mass is 368 g/mol. The van der Waals surface area contributed by atoms with Gasteiger partial charge in [0.2, 0.25) is 6.79 Å². The highest BCUT2D eigenvalue weighted by atomic mass is 16.7. The summed E-state index contributed by atoms with van der Waals surface area (Å²) in [5.41, 5.74) is 1.41. The lowest BCUT2D eigenvalue weighted by atomic mass is 10.1. The number of amides is 1. The zero-order valence-electron chi connectivity index (χ0n) is 14.6. The quantitative estimate of drug-likeness (QED) is 0.687. The molecule has 8 nitrogen and oxygen atoms in total. The van der Waals surface area contributed by atoms with E-state index in [0.29, 0.717) is 33.7 Å². The van der Waals surface area contributed by atoms with E-state index in [4.69, 9.17) is 18.9 Å². The number of nitrogens with one attached hydrogen (secondary N) is 2. The lowest BCUT2D eigenvalue weighted by Gasteiger charge is -2.09. The fourth-order valence-electron chi connectivity index (χ4n) is 2.99. The number of aromatic nitrogens is 1. The summed E-state index contributed by atoms with van der Waals surface area (Å²) < 4.78 is 20.8. The number of fused-ring (bicyclic) bond motifs is 2. The van der Waals surface area contributed by atoms with Crippen LogP contribution in [0, 0.1) is 0 Å². The van der Waals surface area contributed by atoms with Gasteiger partial charge in [-0.1, -0.05) is 6.07 Å². The molecule has 2 aromatic carbocycles. The molecular formula is C19H16N2O6. The SMILES string of the molecule is COC(=O)c1[nH]c2cccc(OC)c2c1NC(=O)c1ccc2c(c1)OCO2. The second-order valence-electron chi connectivity index (χ2n) is 5.77. The van der Waals surface area contributed by atoms with Gasteiger partial charge in [-0.25, -0.2) is 4.79 Å². The number of aromatic amines is 1. The summed E-state index contributed by atoms with van der Waals surface area (Å²) >= 11 is 0. The normalized spacial score (nSPS) is 12.1. The molecule has 0 saturated heterocycles. The zero-order valence-corrected chi connectivity index (χ0v) is 14.6. The van der Waals surface area contributed by atoms with Gasteiger partial charge in [0.25, 0.3) is 5.91 Å². The van der Waals surface area contributed by atoms with E-state index < -0.39 is 11.9 Å². The topological polar surface area (TPSA) is 98.9 Å². The first kappa shape index (κ1) is 16.8. The molecule has 1 aromatic heterocycles. The maximum Gasteiger partial charge on any atom is 0.356 e. The Morgan fingerprint density at radius 3 is 2.70 bits per heavy atom. The Labute approximate surface area is 154 Å². The Bertz CT molecular complexity index is 1060. The van der Waals surface area contributed by atoms with Crippen molar-refractivity contribution in [3.63, 3.8) is 0 Å². The van der Waals surface area contributed by atoms with Gasteiger partial charge >= 0.3 is 5.97 Å². The van der Waals surface area contributed by atoms with Crippen molar-refractivity contribution >= 4 is 28.5 Å². The van der Waals surface area contributed by atoms with Crippen molar-refractivity contribution in [2.24, 2.45) is 0 Å². The van der Waals surface area contributed by atoms with Crippen molar-refractivity contribution in [2.45, 2.75) is 0 Å². The summed E-state index contributed by atoms with van der Waals surface area (Å²) in [7, 11) is 2.79. The molecule has 0 bridgehead atoms. The van der Waals surface area contributed by atoms with Gasteiger partial charge in [0.05, 0.1) is 30.8 Å². The van der Waals surface area contributed by atoms with Crippen LogP contribution in [0.15, 0.2) is 36.4 Å². The van der Waals surface area contributed by atoms with Crippen LogP contribution in [-0.2, 0) is 4.74 Å². The summed E-state index contributed by atoms with van der Waals surface area (Å²) in [6.45, 7) is 0.118. The van der Waals surface area contributed by atoms with Crippen molar-refractivity contribution in [1.29, 1.82) is 0 Å². The molecule has 4 rings (SSSR count). The highest BCUT2D eigenvalue weighted by molar-refractivity contribution is 6.16. The van der Waals surface area contributed by atoms with Gasteiger partial charge < -0.3 is 29.2 Å². The van der Waals surface area contributed by atoms with Crippen LogP contribution in [0.1, 0.15) is 20.8 Å². The van der Waals surface area contributed by atoms with Crippen molar-refractivity contribution in [2.75, 3.05) is 26.3 Å². The van der Waals surface area contributed by atoms with Crippen LogP contribution in [0.3, 0.4) is 0 Å². The van der Waals surface area contributed by atoms with Gasteiger partial charge in [-0.05, 0) is 30.3 Å². The number of esters is 1. The third kappa shape index (κ3) is 2.80. The zero-order chi connectivity index (χ0) is 19.0. The summed E-state index contributed by atoms with van der Waals surface area (Å²) in [5.74, 6) is 0.572. The summed E-state index contributed by atoms with van der Waals surface area (Å²) in [5, 5.41) is 3.36. The van der Waals surface area contributed by atoms with Crippen LogP contribution in [0.4, 0.5) is 5.69 Å². The van der Waals surface area contributed by atoms with Crippen molar-refractivity contribution in [3.8, 4) is 17.2 Å². The third-order valence-corrected chi connectivity index (χ3v) is 4.27. The average molecular weight is 368 g/mol. The molecular weight excluding hydrogens is 352 g/mol. The highest BCUT2D eigenvalue weighted by Gasteiger charge is 2.24. The van der Waals surface area contributed by atoms with E-state index >= 15 is 0 Å². The molecule has 0 saturated carbocycles. The van der Waals surface area contributed by atoms with Gasteiger partial charge in [0, 0.05) is 5.56 Å². The number of carbonyl (C=O) groups is 2. The molecule has 0 fully saturated rings. The smallest absolute Gasteiger partial charge is 0.356 e. The molecule has 0 atom stereocenters. The molecule has 1 aliphatic heterocycles. The van der Waals surface area contributed by atoms with Crippen LogP contribution in [-0.4, -0.2) is 37.9 Å². The molecule has 0 unspecified atom stereocenters. The summed E-state index contributed by atoms with van der Waals surface area (Å²) in [6, 6.07) is 10.2. The average Bonchev–Trinajstić information content (AvgIpc) is 3.31. The molecule has 0 radical (unpaired) electrons. The summed E-state index contributed by atoms with van der Waals surface area (Å²) in [4.78, 5) is 28.0. The lowest BCUT2D eigenvalue weighted by molar-refractivity contribution is 0.0596. The number of ether oxygens (including phenoxy) is 4. The molecule has 1 amide bonds. The minimum absolute atomic E-state index is 0.118. The molecule has 8 heteroatoms. The number of anilines is 1. The Morgan fingerprint density at radius 2 is 1.93 bits per heavy atom. The van der Waals surface area contributed by atoms with Gasteiger partial charge in [-0.2, -0.15) is 0 Å². The number of rotatable bonds is 4. The lowest BCUT2D eigenvalue weighted by Crippen LogP contribution is -2.15. The molecule has 138 valence electrons. The van der Waals surface area contributed by atoms with E-state index in [0.717, 1.165) is 0 Å². The maximum absolute atomic E-state index is 12.8. The Morgan fingerprint density at radius 1 is 1.11 bits per heavy atom. The van der Waals surface area contributed by atoms with Crippen LogP contribution in [0.25, 0.3) is 10.9 Å². The second kappa shape index (κ2) is 6.56. The number of benzene rings is 2. The van der Waals surface area contributed by atoms with Crippen molar-refractivity contribution < 1.29 is 28.5 Å². The minimum Gasteiger partial charge on any atom is -0.496 e. The van der Waals surface area contributed by atoms with Crippen molar-refractivity contribution in [3.05, 3.63) is 47.7 Å². The third-order valence-electron chi connectivity index (χ3n) is 4.27. The van der Waals surface area contributed by atoms with Gasteiger partial charge in [-0.3, -0.25) is 4.79 Å². The molecule has 2 N–H and O–H groups in total. The summed E-state index contributed by atoms with van der Waals surface area (Å²) in [6.07, 6.45) is 0. The van der Waals surface area contributed by atoms with Gasteiger partial charge in [0.1, 0.15) is 11.4 Å². The first-order chi connectivity index (χ1) is 13.1. The maximum atomic E-state index is 12.8. The largest absolute Gasteiger partial charge is 0.496 e. The first-order valence-electron chi connectivity index (χ1n) is 8.10. The van der Waals surface area contributed by atoms with E-state index in [1.54, 1.807) is 36.4 Å². The van der Waals surface area contributed by atoms with Crippen LogP contribution in [0.2, 0.25) is 0 Å².